The summed E-state index contributed by atoms with van der Waals surface area (Å²) in [5, 5.41) is 0. The van der Waals surface area contributed by atoms with Gasteiger partial charge in [-0.3, -0.25) is 0 Å². The molecule has 0 bridgehead atoms. The van der Waals surface area contributed by atoms with E-state index in [-0.39, 0.29) is 18.0 Å². The maximum atomic E-state index is 5.46. The predicted molar refractivity (Wildman–Crippen MR) is 54.9 cm³/mol. The standard InChI is InChI=1S/C10H16N2O2/c1-6-4-13-9(11-6)8(3)10-12-7(2)5-14-10/h6-8H,4-5H2,1-3H3/t6-,7-/m1/s1. The molecule has 0 radical (unpaired) electrons. The van der Waals surface area contributed by atoms with E-state index in [9.17, 15) is 0 Å². The summed E-state index contributed by atoms with van der Waals surface area (Å²) in [6.45, 7) is 7.47. The Morgan fingerprint density at radius 1 is 1.07 bits per heavy atom. The van der Waals surface area contributed by atoms with Gasteiger partial charge < -0.3 is 9.47 Å². The zero-order valence-electron chi connectivity index (χ0n) is 8.86. The summed E-state index contributed by atoms with van der Waals surface area (Å²) in [6.07, 6.45) is 0. The van der Waals surface area contributed by atoms with E-state index in [0.717, 1.165) is 11.8 Å². The number of ether oxygens (including phenoxy) is 2. The highest BCUT2D eigenvalue weighted by atomic mass is 16.5. The highest BCUT2D eigenvalue weighted by Crippen LogP contribution is 2.17. The van der Waals surface area contributed by atoms with E-state index in [1.807, 2.05) is 20.8 Å². The van der Waals surface area contributed by atoms with Gasteiger partial charge in [0.25, 0.3) is 0 Å². The number of hydrogen-bond donors (Lipinski definition) is 0. The molecule has 0 saturated carbocycles. The summed E-state index contributed by atoms with van der Waals surface area (Å²) >= 11 is 0. The van der Waals surface area contributed by atoms with Gasteiger partial charge in [-0.2, -0.15) is 0 Å². The molecule has 0 aromatic heterocycles. The third-order valence-electron chi connectivity index (χ3n) is 2.38. The normalized spacial score (nSPS) is 31.1. The molecule has 2 rings (SSSR count). The van der Waals surface area contributed by atoms with Crippen LogP contribution in [-0.2, 0) is 9.47 Å². The lowest BCUT2D eigenvalue weighted by molar-refractivity contribution is 0.290. The number of aliphatic imine (C=N–C) groups is 2. The maximum Gasteiger partial charge on any atom is 0.196 e. The molecule has 4 heteroatoms. The summed E-state index contributed by atoms with van der Waals surface area (Å²) in [5.41, 5.74) is 0. The summed E-state index contributed by atoms with van der Waals surface area (Å²) < 4.78 is 10.9. The molecule has 2 atom stereocenters. The van der Waals surface area contributed by atoms with Gasteiger partial charge in [0.1, 0.15) is 19.1 Å². The minimum absolute atomic E-state index is 0.0740. The minimum atomic E-state index is 0.0740. The molecule has 14 heavy (non-hydrogen) atoms. The smallest absolute Gasteiger partial charge is 0.196 e. The van der Waals surface area contributed by atoms with Gasteiger partial charge in [-0.25, -0.2) is 9.98 Å². The molecule has 2 aliphatic heterocycles. The van der Waals surface area contributed by atoms with Crippen molar-refractivity contribution in [2.45, 2.75) is 32.9 Å². The zero-order valence-corrected chi connectivity index (χ0v) is 8.86. The molecule has 2 aliphatic rings. The number of rotatable bonds is 2. The second kappa shape index (κ2) is 3.59. The van der Waals surface area contributed by atoms with Crippen LogP contribution in [0.5, 0.6) is 0 Å². The van der Waals surface area contributed by atoms with Crippen molar-refractivity contribution < 1.29 is 9.47 Å². The summed E-state index contributed by atoms with van der Waals surface area (Å²) in [6, 6.07) is 0.541. The maximum absolute atomic E-state index is 5.46. The van der Waals surface area contributed by atoms with Crippen LogP contribution in [0, 0.1) is 5.92 Å². The van der Waals surface area contributed by atoms with Crippen LogP contribution in [-0.4, -0.2) is 37.1 Å². The van der Waals surface area contributed by atoms with Crippen molar-refractivity contribution >= 4 is 11.8 Å². The van der Waals surface area contributed by atoms with E-state index in [2.05, 4.69) is 9.98 Å². The van der Waals surface area contributed by atoms with Gasteiger partial charge in [-0.1, -0.05) is 0 Å². The van der Waals surface area contributed by atoms with Crippen molar-refractivity contribution in [3.8, 4) is 0 Å². The molecule has 0 aromatic rings. The van der Waals surface area contributed by atoms with E-state index in [4.69, 9.17) is 9.47 Å². The van der Waals surface area contributed by atoms with Crippen LogP contribution in [0.4, 0.5) is 0 Å². The average molecular weight is 196 g/mol. The molecule has 0 saturated heterocycles. The first-order valence-corrected chi connectivity index (χ1v) is 5.08. The fraction of sp³-hybridized carbons (Fsp3) is 0.800. The lowest BCUT2D eigenvalue weighted by Gasteiger charge is -2.10. The molecule has 0 spiro atoms. The van der Waals surface area contributed by atoms with Crippen molar-refractivity contribution in [2.75, 3.05) is 13.2 Å². The van der Waals surface area contributed by atoms with Gasteiger partial charge in [0, 0.05) is 0 Å². The fourth-order valence-corrected chi connectivity index (χ4v) is 1.57. The summed E-state index contributed by atoms with van der Waals surface area (Å²) in [4.78, 5) is 8.78. The van der Waals surface area contributed by atoms with Gasteiger partial charge in [0.2, 0.25) is 0 Å². The number of nitrogens with zero attached hydrogens (tertiary/aromatic N) is 2. The Kier molecular flexibility index (Phi) is 2.44. The average Bonchev–Trinajstić information content (AvgIpc) is 2.73. The number of hydrogen-bond acceptors (Lipinski definition) is 4. The third kappa shape index (κ3) is 1.74. The van der Waals surface area contributed by atoms with E-state index in [1.165, 1.54) is 0 Å². The Morgan fingerprint density at radius 3 is 1.79 bits per heavy atom. The monoisotopic (exact) mass is 196 g/mol. The Morgan fingerprint density at radius 2 is 1.50 bits per heavy atom. The van der Waals surface area contributed by atoms with E-state index >= 15 is 0 Å². The van der Waals surface area contributed by atoms with Crippen molar-refractivity contribution in [1.82, 2.24) is 0 Å². The van der Waals surface area contributed by atoms with Crippen LogP contribution in [0.2, 0.25) is 0 Å². The lowest BCUT2D eigenvalue weighted by atomic mass is 10.2. The predicted octanol–water partition coefficient (Wildman–Crippen LogP) is 1.26. The first-order valence-electron chi connectivity index (χ1n) is 5.08. The van der Waals surface area contributed by atoms with E-state index in [0.29, 0.717) is 13.2 Å². The molecule has 0 unspecified atom stereocenters. The Balaban J connectivity index is 2.05. The van der Waals surface area contributed by atoms with Crippen LogP contribution in [0.15, 0.2) is 9.98 Å². The summed E-state index contributed by atoms with van der Waals surface area (Å²) in [7, 11) is 0. The highest BCUT2D eigenvalue weighted by Gasteiger charge is 2.28. The largest absolute Gasteiger partial charge is 0.478 e. The van der Waals surface area contributed by atoms with Gasteiger partial charge >= 0.3 is 0 Å². The quantitative estimate of drug-likeness (QED) is 0.667. The zero-order chi connectivity index (χ0) is 10.1. The SMILES string of the molecule is CC(C1=N[C@H](C)CO1)C1=N[C@H](C)CO1. The molecule has 0 aliphatic carbocycles. The van der Waals surface area contributed by atoms with Gasteiger partial charge in [-0.15, -0.1) is 0 Å². The second-order valence-electron chi connectivity index (χ2n) is 3.98. The van der Waals surface area contributed by atoms with Crippen molar-refractivity contribution in [3.05, 3.63) is 0 Å². The molecule has 0 N–H and O–H groups in total. The molecular weight excluding hydrogens is 180 g/mol. The van der Waals surface area contributed by atoms with Crippen LogP contribution in [0.3, 0.4) is 0 Å². The second-order valence-corrected chi connectivity index (χ2v) is 3.98. The first-order chi connectivity index (χ1) is 6.66. The van der Waals surface area contributed by atoms with Crippen molar-refractivity contribution in [2.24, 2.45) is 15.9 Å². The van der Waals surface area contributed by atoms with Crippen LogP contribution >= 0.6 is 0 Å². The molecule has 4 nitrogen and oxygen atoms in total. The molecule has 78 valence electrons. The van der Waals surface area contributed by atoms with Crippen molar-refractivity contribution in [1.29, 1.82) is 0 Å². The Bertz CT molecular complexity index is 258. The van der Waals surface area contributed by atoms with Crippen LogP contribution in [0.25, 0.3) is 0 Å². The highest BCUT2D eigenvalue weighted by molar-refractivity contribution is 6.01. The topological polar surface area (TPSA) is 43.2 Å². The minimum Gasteiger partial charge on any atom is -0.478 e. The van der Waals surface area contributed by atoms with E-state index in [1.54, 1.807) is 0 Å². The molecule has 0 amide bonds. The Labute approximate surface area is 84.0 Å². The fourth-order valence-electron chi connectivity index (χ4n) is 1.57. The first kappa shape index (κ1) is 9.49. The van der Waals surface area contributed by atoms with Crippen molar-refractivity contribution in [3.63, 3.8) is 0 Å². The lowest BCUT2D eigenvalue weighted by Crippen LogP contribution is -2.21. The molecule has 2 heterocycles. The van der Waals surface area contributed by atoms with Gasteiger partial charge in [0.05, 0.1) is 12.1 Å². The van der Waals surface area contributed by atoms with Crippen LogP contribution < -0.4 is 0 Å². The molecule has 0 aromatic carbocycles. The van der Waals surface area contributed by atoms with Crippen LogP contribution in [0.1, 0.15) is 20.8 Å². The van der Waals surface area contributed by atoms with Gasteiger partial charge in [-0.05, 0) is 20.8 Å². The molecule has 0 fully saturated rings. The van der Waals surface area contributed by atoms with E-state index < -0.39 is 0 Å². The third-order valence-corrected chi connectivity index (χ3v) is 2.38. The summed E-state index contributed by atoms with van der Waals surface area (Å²) in [5.74, 6) is 1.61. The molecular formula is C10H16N2O2. The Hall–Kier alpha value is -1.06. The van der Waals surface area contributed by atoms with Gasteiger partial charge in [0.15, 0.2) is 11.8 Å².